The highest BCUT2D eigenvalue weighted by Gasteiger charge is 2.39. The summed E-state index contributed by atoms with van der Waals surface area (Å²) in [4.78, 5) is 2.52. The van der Waals surface area contributed by atoms with Crippen LogP contribution in [0.25, 0.3) is 0 Å². The molecule has 1 aromatic carbocycles. The second kappa shape index (κ2) is 5.26. The molecule has 3 rings (SSSR count). The third kappa shape index (κ3) is 2.67. The first kappa shape index (κ1) is 14.8. The minimum absolute atomic E-state index is 0.00858. The van der Waals surface area contributed by atoms with E-state index in [1.54, 1.807) is 12.1 Å². The number of rotatable bonds is 5. The van der Waals surface area contributed by atoms with Crippen LogP contribution in [0.2, 0.25) is 0 Å². The largest absolute Gasteiger partial charge is 0.384 e. The summed E-state index contributed by atoms with van der Waals surface area (Å²) in [5.41, 5.74) is 2.13. The zero-order valence-electron chi connectivity index (χ0n) is 12.6. The molecule has 116 valence electrons. The van der Waals surface area contributed by atoms with Gasteiger partial charge in [-0.1, -0.05) is 0 Å². The van der Waals surface area contributed by atoms with E-state index in [-0.39, 0.29) is 5.54 Å². The Hall–Kier alpha value is -1.11. The number of fused-ring (bicyclic) bond motifs is 1. The molecule has 1 fully saturated rings. The zero-order valence-corrected chi connectivity index (χ0v) is 13.5. The van der Waals surface area contributed by atoms with Crippen molar-refractivity contribution in [2.75, 3.05) is 32.5 Å². The van der Waals surface area contributed by atoms with E-state index in [1.165, 1.54) is 6.42 Å². The molecule has 0 bridgehead atoms. The molecule has 5 nitrogen and oxygen atoms in total. The maximum atomic E-state index is 12.5. The van der Waals surface area contributed by atoms with Crippen LogP contribution in [0.1, 0.15) is 24.8 Å². The summed E-state index contributed by atoms with van der Waals surface area (Å²) in [7, 11) is 0.615. The predicted molar refractivity (Wildman–Crippen MR) is 84.1 cm³/mol. The molecule has 0 saturated heterocycles. The maximum Gasteiger partial charge on any atom is 0.240 e. The summed E-state index contributed by atoms with van der Waals surface area (Å²) in [5.74, 6) is 0. The van der Waals surface area contributed by atoms with Gasteiger partial charge >= 0.3 is 0 Å². The average molecular weight is 309 g/mol. The summed E-state index contributed by atoms with van der Waals surface area (Å²) in [6, 6.07) is 5.34. The van der Waals surface area contributed by atoms with E-state index >= 15 is 0 Å². The van der Waals surface area contributed by atoms with Crippen LogP contribution in [0.3, 0.4) is 0 Å². The van der Waals surface area contributed by atoms with Crippen molar-refractivity contribution in [3.8, 4) is 0 Å². The second-order valence-corrected chi connectivity index (χ2v) is 8.06. The number of nitrogens with zero attached hydrogens (tertiary/aromatic N) is 1. The molecule has 1 heterocycles. The van der Waals surface area contributed by atoms with Gasteiger partial charge in [0.15, 0.2) is 0 Å². The molecule has 0 atom stereocenters. The monoisotopic (exact) mass is 309 g/mol. The molecule has 0 radical (unpaired) electrons. The topological polar surface area (TPSA) is 61.4 Å². The van der Waals surface area contributed by atoms with Gasteiger partial charge in [0.1, 0.15) is 0 Å². The molecular weight excluding hydrogens is 286 g/mol. The van der Waals surface area contributed by atoms with Gasteiger partial charge in [0.2, 0.25) is 10.0 Å². The fourth-order valence-corrected chi connectivity index (χ4v) is 4.30. The minimum atomic E-state index is -3.43. The SMILES string of the molecule is CN(C)C1(CNS(=O)(=O)c2ccc3c(c2)CCN3)CCC1. The molecular formula is C15H23N3O2S. The van der Waals surface area contributed by atoms with Crippen molar-refractivity contribution in [2.24, 2.45) is 0 Å². The molecule has 1 aromatic rings. The van der Waals surface area contributed by atoms with Crippen molar-refractivity contribution in [3.05, 3.63) is 23.8 Å². The first-order chi connectivity index (χ1) is 9.93. The fraction of sp³-hybridized carbons (Fsp3) is 0.600. The molecule has 0 spiro atoms. The number of hydrogen-bond acceptors (Lipinski definition) is 4. The van der Waals surface area contributed by atoms with Crippen LogP contribution in [0.4, 0.5) is 5.69 Å². The van der Waals surface area contributed by atoms with Crippen molar-refractivity contribution in [3.63, 3.8) is 0 Å². The Morgan fingerprint density at radius 2 is 2.10 bits per heavy atom. The van der Waals surface area contributed by atoms with Crippen molar-refractivity contribution in [1.29, 1.82) is 0 Å². The number of likely N-dealkylation sites (N-methyl/N-ethyl adjacent to an activating group) is 1. The Bertz CT molecular complexity index is 636. The minimum Gasteiger partial charge on any atom is -0.384 e. The van der Waals surface area contributed by atoms with Crippen LogP contribution in [-0.2, 0) is 16.4 Å². The lowest BCUT2D eigenvalue weighted by atomic mass is 9.76. The number of nitrogens with one attached hydrogen (secondary N) is 2. The average Bonchev–Trinajstić information content (AvgIpc) is 2.83. The summed E-state index contributed by atoms with van der Waals surface area (Å²) in [5, 5.41) is 3.25. The Kier molecular flexibility index (Phi) is 3.71. The predicted octanol–water partition coefficient (Wildman–Crippen LogP) is 1.42. The number of benzene rings is 1. The highest BCUT2D eigenvalue weighted by molar-refractivity contribution is 7.89. The van der Waals surface area contributed by atoms with E-state index in [1.807, 2.05) is 20.2 Å². The number of hydrogen-bond donors (Lipinski definition) is 2. The third-order valence-corrected chi connectivity index (χ3v) is 6.32. The Balaban J connectivity index is 1.75. The van der Waals surface area contributed by atoms with Crippen LogP contribution in [0, 0.1) is 0 Å². The highest BCUT2D eigenvalue weighted by Crippen LogP contribution is 2.35. The first-order valence-corrected chi connectivity index (χ1v) is 8.95. The Labute approximate surface area is 126 Å². The second-order valence-electron chi connectivity index (χ2n) is 6.29. The third-order valence-electron chi connectivity index (χ3n) is 4.92. The maximum absolute atomic E-state index is 12.5. The first-order valence-electron chi connectivity index (χ1n) is 7.47. The molecule has 0 amide bonds. The molecule has 1 saturated carbocycles. The highest BCUT2D eigenvalue weighted by atomic mass is 32.2. The summed E-state index contributed by atoms with van der Waals surface area (Å²) >= 11 is 0. The van der Waals surface area contributed by atoms with E-state index in [9.17, 15) is 8.42 Å². The van der Waals surface area contributed by atoms with Gasteiger partial charge in [0, 0.05) is 24.3 Å². The molecule has 0 aromatic heterocycles. The van der Waals surface area contributed by atoms with E-state index < -0.39 is 10.0 Å². The summed E-state index contributed by atoms with van der Waals surface area (Å²) in [6.07, 6.45) is 4.16. The summed E-state index contributed by atoms with van der Waals surface area (Å²) < 4.78 is 27.8. The quantitative estimate of drug-likeness (QED) is 0.863. The summed E-state index contributed by atoms with van der Waals surface area (Å²) in [6.45, 7) is 1.37. The van der Waals surface area contributed by atoms with Gasteiger partial charge in [-0.3, -0.25) is 0 Å². The standard InChI is InChI=1S/C15H23N3O2S/c1-18(2)15(7-3-8-15)11-17-21(19,20)13-4-5-14-12(10-13)6-9-16-14/h4-5,10,16-17H,3,6-9,11H2,1-2H3. The molecule has 0 unspecified atom stereocenters. The van der Waals surface area contributed by atoms with Gasteiger partial charge in [-0.25, -0.2) is 13.1 Å². The van der Waals surface area contributed by atoms with Gasteiger partial charge < -0.3 is 10.2 Å². The Morgan fingerprint density at radius 1 is 1.33 bits per heavy atom. The normalized spacial score (nSPS) is 20.0. The van der Waals surface area contributed by atoms with E-state index in [2.05, 4.69) is 14.9 Å². The van der Waals surface area contributed by atoms with Crippen LogP contribution in [-0.4, -0.2) is 46.0 Å². The number of anilines is 1. The van der Waals surface area contributed by atoms with Crippen LogP contribution < -0.4 is 10.0 Å². The molecule has 1 aliphatic carbocycles. The molecule has 2 N–H and O–H groups in total. The van der Waals surface area contributed by atoms with E-state index in [4.69, 9.17) is 0 Å². The van der Waals surface area contributed by atoms with Gasteiger partial charge in [0.05, 0.1) is 4.90 Å². The van der Waals surface area contributed by atoms with E-state index in [0.29, 0.717) is 11.4 Å². The van der Waals surface area contributed by atoms with Gasteiger partial charge in [-0.05, 0) is 63.5 Å². The Morgan fingerprint density at radius 3 is 2.71 bits per heavy atom. The van der Waals surface area contributed by atoms with Crippen molar-refractivity contribution in [2.45, 2.75) is 36.1 Å². The van der Waals surface area contributed by atoms with Crippen LogP contribution >= 0.6 is 0 Å². The zero-order chi connectivity index (χ0) is 15.1. The molecule has 6 heteroatoms. The van der Waals surface area contributed by atoms with E-state index in [0.717, 1.165) is 37.1 Å². The molecule has 2 aliphatic rings. The lowest BCUT2D eigenvalue weighted by Crippen LogP contribution is -2.57. The van der Waals surface area contributed by atoms with Crippen LogP contribution in [0.5, 0.6) is 0 Å². The molecule has 21 heavy (non-hydrogen) atoms. The lowest BCUT2D eigenvalue weighted by Gasteiger charge is -2.47. The lowest BCUT2D eigenvalue weighted by molar-refractivity contribution is 0.0657. The number of sulfonamides is 1. The van der Waals surface area contributed by atoms with Crippen molar-refractivity contribution < 1.29 is 8.42 Å². The van der Waals surface area contributed by atoms with Crippen LogP contribution in [0.15, 0.2) is 23.1 Å². The van der Waals surface area contributed by atoms with Gasteiger partial charge in [0.25, 0.3) is 0 Å². The smallest absolute Gasteiger partial charge is 0.240 e. The van der Waals surface area contributed by atoms with Gasteiger partial charge in [-0.2, -0.15) is 0 Å². The molecule has 1 aliphatic heterocycles. The van der Waals surface area contributed by atoms with Crippen molar-refractivity contribution in [1.82, 2.24) is 9.62 Å². The van der Waals surface area contributed by atoms with Crippen molar-refractivity contribution >= 4 is 15.7 Å². The van der Waals surface area contributed by atoms with Gasteiger partial charge in [-0.15, -0.1) is 0 Å². The fourth-order valence-electron chi connectivity index (χ4n) is 3.13.